The highest BCUT2D eigenvalue weighted by Crippen LogP contribution is 2.31. The predicted octanol–water partition coefficient (Wildman–Crippen LogP) is 4.80. The van der Waals surface area contributed by atoms with Gasteiger partial charge in [0.05, 0.1) is 6.04 Å². The van der Waals surface area contributed by atoms with Crippen LogP contribution in [0.5, 0.6) is 0 Å². The molecule has 2 N–H and O–H groups in total. The zero-order chi connectivity index (χ0) is 15.4. The fourth-order valence-corrected chi connectivity index (χ4v) is 2.98. The minimum absolute atomic E-state index is 0.231. The summed E-state index contributed by atoms with van der Waals surface area (Å²) in [6.45, 7) is 2.83. The normalized spacial score (nSPS) is 12.2. The third-order valence-corrected chi connectivity index (χ3v) is 4.48. The first-order valence-electron chi connectivity index (χ1n) is 6.99. The van der Waals surface area contributed by atoms with Gasteiger partial charge in [0.15, 0.2) is 0 Å². The van der Waals surface area contributed by atoms with Crippen molar-refractivity contribution in [2.45, 2.75) is 19.4 Å². The van der Waals surface area contributed by atoms with Gasteiger partial charge < -0.3 is 10.6 Å². The maximum atomic E-state index is 6.10. The molecule has 21 heavy (non-hydrogen) atoms. The van der Waals surface area contributed by atoms with Crippen LogP contribution >= 0.6 is 27.5 Å². The molecule has 0 spiro atoms. The summed E-state index contributed by atoms with van der Waals surface area (Å²) < 4.78 is 1.07. The van der Waals surface area contributed by atoms with Crippen LogP contribution in [0.4, 0.5) is 5.69 Å². The van der Waals surface area contributed by atoms with Crippen molar-refractivity contribution in [3.63, 3.8) is 0 Å². The van der Waals surface area contributed by atoms with E-state index in [1.807, 2.05) is 18.2 Å². The topological polar surface area (TPSA) is 29.3 Å². The van der Waals surface area contributed by atoms with E-state index in [-0.39, 0.29) is 6.04 Å². The molecule has 0 heterocycles. The molecule has 2 rings (SSSR count). The molecule has 0 fully saturated rings. The van der Waals surface area contributed by atoms with E-state index in [1.165, 1.54) is 16.8 Å². The number of anilines is 1. The minimum Gasteiger partial charge on any atom is -0.368 e. The summed E-state index contributed by atoms with van der Waals surface area (Å²) >= 11 is 9.66. The summed E-state index contributed by atoms with van der Waals surface area (Å²) in [4.78, 5) is 2.27. The van der Waals surface area contributed by atoms with Crippen LogP contribution in [0.3, 0.4) is 0 Å². The first kappa shape index (κ1) is 16.3. The van der Waals surface area contributed by atoms with Crippen molar-refractivity contribution in [3.05, 3.63) is 63.1 Å². The lowest BCUT2D eigenvalue weighted by atomic mass is 10.0. The Morgan fingerprint density at radius 2 is 2.00 bits per heavy atom. The van der Waals surface area contributed by atoms with Crippen molar-refractivity contribution in [2.75, 3.05) is 18.5 Å². The van der Waals surface area contributed by atoms with E-state index < -0.39 is 0 Å². The lowest BCUT2D eigenvalue weighted by Crippen LogP contribution is -2.23. The molecule has 0 bridgehead atoms. The van der Waals surface area contributed by atoms with Gasteiger partial charge in [0, 0.05) is 22.2 Å². The number of rotatable bonds is 5. The monoisotopic (exact) mass is 366 g/mol. The molecule has 0 saturated heterocycles. The van der Waals surface area contributed by atoms with E-state index in [2.05, 4.69) is 59.1 Å². The Labute approximate surface area is 140 Å². The number of hydrogen-bond donors (Lipinski definition) is 1. The highest BCUT2D eigenvalue weighted by Gasteiger charge is 2.15. The van der Waals surface area contributed by atoms with Crippen LogP contribution in [-0.2, 0) is 6.42 Å². The molecule has 0 aromatic heterocycles. The molecule has 0 saturated carbocycles. The van der Waals surface area contributed by atoms with Crippen LogP contribution in [0.25, 0.3) is 0 Å². The van der Waals surface area contributed by atoms with Gasteiger partial charge in [0.1, 0.15) is 0 Å². The summed E-state index contributed by atoms with van der Waals surface area (Å²) in [5, 5.41) is 0.768. The average molecular weight is 368 g/mol. The Morgan fingerprint density at radius 1 is 1.24 bits per heavy atom. The zero-order valence-electron chi connectivity index (χ0n) is 12.3. The molecule has 112 valence electrons. The standard InChI is InChI=1S/C17H20BrClN2/c1-12(14-4-3-5-16(19)10-14)21(2)17-11-15(18)7-6-13(17)8-9-20/h3-7,10-12H,8-9,20H2,1-2H3. The summed E-state index contributed by atoms with van der Waals surface area (Å²) in [6, 6.07) is 14.6. The van der Waals surface area contributed by atoms with Crippen LogP contribution in [0, 0.1) is 0 Å². The van der Waals surface area contributed by atoms with E-state index in [9.17, 15) is 0 Å². The van der Waals surface area contributed by atoms with Crippen molar-refractivity contribution in [3.8, 4) is 0 Å². The lowest BCUT2D eigenvalue weighted by molar-refractivity contribution is 0.734. The minimum atomic E-state index is 0.231. The zero-order valence-corrected chi connectivity index (χ0v) is 14.7. The first-order chi connectivity index (χ1) is 10.0. The molecule has 0 amide bonds. The second-order valence-electron chi connectivity index (χ2n) is 5.15. The lowest BCUT2D eigenvalue weighted by Gasteiger charge is -2.30. The summed E-state index contributed by atoms with van der Waals surface area (Å²) in [5.41, 5.74) is 9.38. The SMILES string of the molecule is CC(c1cccc(Cl)c1)N(C)c1cc(Br)ccc1CCN. The molecule has 0 aliphatic heterocycles. The van der Waals surface area contributed by atoms with Gasteiger partial charge in [-0.25, -0.2) is 0 Å². The molecule has 2 nitrogen and oxygen atoms in total. The van der Waals surface area contributed by atoms with E-state index in [4.69, 9.17) is 17.3 Å². The van der Waals surface area contributed by atoms with Gasteiger partial charge in [-0.1, -0.05) is 45.7 Å². The fraction of sp³-hybridized carbons (Fsp3) is 0.294. The maximum Gasteiger partial charge on any atom is 0.0511 e. The van der Waals surface area contributed by atoms with Gasteiger partial charge >= 0.3 is 0 Å². The second kappa shape index (κ2) is 7.30. The van der Waals surface area contributed by atoms with E-state index in [0.29, 0.717) is 6.54 Å². The van der Waals surface area contributed by atoms with Crippen molar-refractivity contribution < 1.29 is 0 Å². The molecule has 0 aliphatic carbocycles. The Morgan fingerprint density at radius 3 is 2.67 bits per heavy atom. The number of benzene rings is 2. The van der Waals surface area contributed by atoms with Crippen molar-refractivity contribution in [2.24, 2.45) is 5.73 Å². The van der Waals surface area contributed by atoms with Gasteiger partial charge in [-0.05, 0) is 55.3 Å². The highest BCUT2D eigenvalue weighted by molar-refractivity contribution is 9.10. The maximum absolute atomic E-state index is 6.10. The molecular formula is C17H20BrClN2. The third-order valence-electron chi connectivity index (χ3n) is 3.75. The van der Waals surface area contributed by atoms with Gasteiger partial charge in [-0.2, -0.15) is 0 Å². The van der Waals surface area contributed by atoms with Crippen LogP contribution in [0.15, 0.2) is 46.9 Å². The van der Waals surface area contributed by atoms with Gasteiger partial charge in [0.2, 0.25) is 0 Å². The summed E-state index contributed by atoms with van der Waals surface area (Å²) in [5.74, 6) is 0. The number of hydrogen-bond acceptors (Lipinski definition) is 2. The number of halogens is 2. The third kappa shape index (κ3) is 4.00. The Balaban J connectivity index is 2.34. The predicted molar refractivity (Wildman–Crippen MR) is 95.2 cm³/mol. The van der Waals surface area contributed by atoms with Crippen LogP contribution in [0.1, 0.15) is 24.1 Å². The van der Waals surface area contributed by atoms with Crippen LogP contribution in [-0.4, -0.2) is 13.6 Å². The van der Waals surface area contributed by atoms with Crippen molar-refractivity contribution in [1.82, 2.24) is 0 Å². The molecule has 0 radical (unpaired) electrons. The largest absolute Gasteiger partial charge is 0.368 e. The highest BCUT2D eigenvalue weighted by atomic mass is 79.9. The van der Waals surface area contributed by atoms with E-state index in [0.717, 1.165) is 15.9 Å². The van der Waals surface area contributed by atoms with Gasteiger partial charge in [-0.3, -0.25) is 0 Å². The van der Waals surface area contributed by atoms with Crippen molar-refractivity contribution >= 4 is 33.2 Å². The molecular weight excluding hydrogens is 348 g/mol. The van der Waals surface area contributed by atoms with Crippen LogP contribution in [0.2, 0.25) is 5.02 Å². The Hall–Kier alpha value is -1.03. The quantitative estimate of drug-likeness (QED) is 0.822. The fourth-order valence-electron chi connectivity index (χ4n) is 2.43. The molecule has 0 aliphatic rings. The van der Waals surface area contributed by atoms with Gasteiger partial charge in [-0.15, -0.1) is 0 Å². The Kier molecular flexibility index (Phi) is 5.68. The number of nitrogens with two attached hydrogens (primary N) is 1. The summed E-state index contributed by atoms with van der Waals surface area (Å²) in [7, 11) is 2.10. The summed E-state index contributed by atoms with van der Waals surface area (Å²) in [6.07, 6.45) is 0.870. The molecule has 2 aromatic rings. The van der Waals surface area contributed by atoms with Crippen molar-refractivity contribution in [1.29, 1.82) is 0 Å². The van der Waals surface area contributed by atoms with E-state index in [1.54, 1.807) is 0 Å². The molecule has 1 unspecified atom stereocenters. The van der Waals surface area contributed by atoms with Crippen LogP contribution < -0.4 is 10.6 Å². The van der Waals surface area contributed by atoms with Gasteiger partial charge in [0.25, 0.3) is 0 Å². The number of nitrogens with zero attached hydrogens (tertiary/aromatic N) is 1. The Bertz CT molecular complexity index is 615. The average Bonchev–Trinajstić information content (AvgIpc) is 2.48. The molecule has 1 atom stereocenters. The molecule has 2 aromatic carbocycles. The second-order valence-corrected chi connectivity index (χ2v) is 6.51. The first-order valence-corrected chi connectivity index (χ1v) is 8.17. The smallest absolute Gasteiger partial charge is 0.0511 e. The molecule has 4 heteroatoms. The van der Waals surface area contributed by atoms with E-state index >= 15 is 0 Å².